The molecular weight excluding hydrogens is 420 g/mol. The van der Waals surface area contributed by atoms with Crippen LogP contribution in [0.1, 0.15) is 110 Å². The van der Waals surface area contributed by atoms with E-state index in [-0.39, 0.29) is 0 Å². The first-order valence-corrected chi connectivity index (χ1v) is 14.5. The predicted octanol–water partition coefficient (Wildman–Crippen LogP) is 10.1. The molecule has 0 spiro atoms. The van der Waals surface area contributed by atoms with E-state index in [1.165, 1.54) is 103 Å². The van der Waals surface area contributed by atoms with Crippen molar-refractivity contribution in [2.75, 3.05) is 13.7 Å². The summed E-state index contributed by atoms with van der Waals surface area (Å²) in [5.41, 5.74) is 0. The van der Waals surface area contributed by atoms with Crippen LogP contribution in [0, 0.1) is 0 Å². The normalized spacial score (nSPS) is 10.5. The first-order valence-electron chi connectivity index (χ1n) is 12.6. The van der Waals surface area contributed by atoms with Crippen LogP contribution in [0.3, 0.4) is 0 Å². The smallest absolute Gasteiger partial charge is 0.129 e. The van der Waals surface area contributed by atoms with Crippen molar-refractivity contribution in [3.05, 3.63) is 33.7 Å². The van der Waals surface area contributed by atoms with Crippen molar-refractivity contribution in [2.24, 2.45) is 0 Å². The fraction of sp³-hybridized carbons (Fsp3) is 0.704. The van der Waals surface area contributed by atoms with Gasteiger partial charge in [0.15, 0.2) is 0 Å². The molecule has 0 radical (unpaired) electrons. The van der Waals surface area contributed by atoms with Gasteiger partial charge in [-0.2, -0.15) is 0 Å². The topological polar surface area (TPSA) is 18.5 Å². The number of hydrogen-bond acceptors (Lipinski definition) is 4. The zero-order valence-electron chi connectivity index (χ0n) is 20.1. The molecule has 0 bridgehead atoms. The van der Waals surface area contributed by atoms with E-state index in [0.29, 0.717) is 0 Å². The fourth-order valence-corrected chi connectivity index (χ4v) is 4.71. The van der Waals surface area contributed by atoms with Crippen LogP contribution in [0.15, 0.2) is 33.7 Å². The maximum atomic E-state index is 5.68. The monoisotopic (exact) mass is 466 g/mol. The van der Waals surface area contributed by atoms with Gasteiger partial charge in [0.1, 0.15) is 11.5 Å². The maximum absolute atomic E-state index is 5.68. The molecule has 2 aromatic rings. The van der Waals surface area contributed by atoms with Crippen LogP contribution in [0.2, 0.25) is 0 Å². The first kappa shape index (κ1) is 28.0. The van der Waals surface area contributed by atoms with Gasteiger partial charge in [0.25, 0.3) is 0 Å². The molecule has 0 aliphatic heterocycles. The molecule has 2 heterocycles. The Hall–Kier alpha value is -1.00. The standard InChI is InChI=1S/C22H40OS.C5H6OS/c1-2-3-4-5-6-7-8-9-10-11-12-13-14-15-16-17-19-23-22-18-20-24-21-22;1-6-5-2-3-7-4-5/h18,20-21H,2-17,19H2,1H3;2-4H,1H3. The lowest BCUT2D eigenvalue weighted by molar-refractivity contribution is 0.305. The van der Waals surface area contributed by atoms with Crippen LogP contribution in [0.5, 0.6) is 11.5 Å². The van der Waals surface area contributed by atoms with Gasteiger partial charge in [-0.25, -0.2) is 0 Å². The molecule has 0 amide bonds. The molecule has 0 aliphatic carbocycles. The zero-order valence-corrected chi connectivity index (χ0v) is 21.8. The van der Waals surface area contributed by atoms with Crippen LogP contribution < -0.4 is 9.47 Å². The average Bonchev–Trinajstić information content (AvgIpc) is 3.50. The summed E-state index contributed by atoms with van der Waals surface area (Å²) in [6.07, 6.45) is 22.7. The molecule has 0 aromatic carbocycles. The number of methoxy groups -OCH3 is 1. The van der Waals surface area contributed by atoms with E-state index in [1.807, 2.05) is 16.8 Å². The van der Waals surface area contributed by atoms with E-state index in [9.17, 15) is 0 Å². The third-order valence-electron chi connectivity index (χ3n) is 5.49. The van der Waals surface area contributed by atoms with Gasteiger partial charge in [-0.1, -0.05) is 103 Å². The summed E-state index contributed by atoms with van der Waals surface area (Å²) < 4.78 is 10.5. The number of hydrogen-bond donors (Lipinski definition) is 0. The van der Waals surface area contributed by atoms with E-state index in [0.717, 1.165) is 18.1 Å². The van der Waals surface area contributed by atoms with E-state index in [2.05, 4.69) is 23.8 Å². The lowest BCUT2D eigenvalue weighted by Crippen LogP contribution is -1.95. The molecule has 0 N–H and O–H groups in total. The van der Waals surface area contributed by atoms with Crippen molar-refractivity contribution in [1.29, 1.82) is 0 Å². The highest BCUT2D eigenvalue weighted by Gasteiger charge is 1.96. The molecule has 0 saturated heterocycles. The van der Waals surface area contributed by atoms with Crippen molar-refractivity contribution in [2.45, 2.75) is 110 Å². The Morgan fingerprint density at radius 2 is 1.00 bits per heavy atom. The maximum Gasteiger partial charge on any atom is 0.129 e. The Morgan fingerprint density at radius 3 is 1.35 bits per heavy atom. The molecule has 0 unspecified atom stereocenters. The Bertz CT molecular complexity index is 552. The van der Waals surface area contributed by atoms with Crippen LogP contribution >= 0.6 is 22.7 Å². The van der Waals surface area contributed by atoms with Gasteiger partial charge >= 0.3 is 0 Å². The summed E-state index contributed by atoms with van der Waals surface area (Å²) in [4.78, 5) is 0. The molecule has 2 nitrogen and oxygen atoms in total. The van der Waals surface area contributed by atoms with Crippen molar-refractivity contribution < 1.29 is 9.47 Å². The summed E-state index contributed by atoms with van der Waals surface area (Å²) in [7, 11) is 1.67. The molecule has 0 atom stereocenters. The van der Waals surface area contributed by atoms with E-state index < -0.39 is 0 Å². The molecule has 0 fully saturated rings. The highest BCUT2D eigenvalue weighted by atomic mass is 32.1. The molecule has 178 valence electrons. The van der Waals surface area contributed by atoms with Crippen molar-refractivity contribution >= 4 is 22.7 Å². The quantitative estimate of drug-likeness (QED) is 0.192. The van der Waals surface area contributed by atoms with Gasteiger partial charge in [0, 0.05) is 10.8 Å². The highest BCUT2D eigenvalue weighted by Crippen LogP contribution is 2.16. The molecule has 2 rings (SSSR count). The number of unbranched alkanes of at least 4 members (excludes halogenated alkanes) is 15. The minimum Gasteiger partial charge on any atom is -0.496 e. The van der Waals surface area contributed by atoms with Crippen molar-refractivity contribution in [3.8, 4) is 11.5 Å². The number of rotatable bonds is 19. The Morgan fingerprint density at radius 1 is 0.581 bits per heavy atom. The summed E-state index contributed by atoms with van der Waals surface area (Å²) in [6, 6.07) is 3.99. The van der Waals surface area contributed by atoms with Gasteiger partial charge in [0.05, 0.1) is 13.7 Å². The molecule has 0 aliphatic rings. The Labute approximate surface area is 200 Å². The van der Waals surface area contributed by atoms with Crippen molar-refractivity contribution in [3.63, 3.8) is 0 Å². The number of thiophene rings is 2. The van der Waals surface area contributed by atoms with Crippen LogP contribution in [-0.2, 0) is 0 Å². The lowest BCUT2D eigenvalue weighted by Gasteiger charge is -2.04. The summed E-state index contributed by atoms with van der Waals surface area (Å²) in [6.45, 7) is 3.18. The second-order valence-corrected chi connectivity index (χ2v) is 9.83. The molecule has 0 saturated carbocycles. The van der Waals surface area contributed by atoms with Gasteiger partial charge in [-0.15, -0.1) is 22.7 Å². The Kier molecular flexibility index (Phi) is 20.1. The molecular formula is C27H46O2S2. The first-order chi connectivity index (χ1) is 15.4. The SMILES string of the molecule is CCCCCCCCCCCCCCCCCCOc1ccsc1.COc1ccsc1. The van der Waals surface area contributed by atoms with Gasteiger partial charge < -0.3 is 9.47 Å². The second-order valence-electron chi connectivity index (χ2n) is 8.27. The third-order valence-corrected chi connectivity index (χ3v) is 6.82. The van der Waals surface area contributed by atoms with Gasteiger partial charge in [-0.05, 0) is 29.3 Å². The summed E-state index contributed by atoms with van der Waals surface area (Å²) in [5, 5.41) is 8.09. The fourth-order valence-electron chi connectivity index (χ4n) is 3.54. The molecule has 2 aromatic heterocycles. The van der Waals surface area contributed by atoms with Gasteiger partial charge in [0.2, 0.25) is 0 Å². The average molecular weight is 467 g/mol. The third kappa shape index (κ3) is 18.3. The van der Waals surface area contributed by atoms with Gasteiger partial charge in [-0.3, -0.25) is 0 Å². The van der Waals surface area contributed by atoms with E-state index in [4.69, 9.17) is 9.47 Å². The zero-order chi connectivity index (χ0) is 22.2. The second kappa shape index (κ2) is 22.2. The minimum absolute atomic E-state index is 0.884. The predicted molar refractivity (Wildman–Crippen MR) is 140 cm³/mol. The lowest BCUT2D eigenvalue weighted by atomic mass is 10.0. The highest BCUT2D eigenvalue weighted by molar-refractivity contribution is 7.08. The largest absolute Gasteiger partial charge is 0.496 e. The summed E-state index contributed by atoms with van der Waals surface area (Å²) in [5.74, 6) is 1.99. The molecule has 31 heavy (non-hydrogen) atoms. The minimum atomic E-state index is 0.884. The molecule has 4 heteroatoms. The van der Waals surface area contributed by atoms with E-state index >= 15 is 0 Å². The Balaban J connectivity index is 0.000000577. The van der Waals surface area contributed by atoms with Crippen LogP contribution in [0.4, 0.5) is 0 Å². The van der Waals surface area contributed by atoms with Crippen LogP contribution in [0.25, 0.3) is 0 Å². The summed E-state index contributed by atoms with van der Waals surface area (Å²) >= 11 is 3.34. The van der Waals surface area contributed by atoms with Crippen LogP contribution in [-0.4, -0.2) is 13.7 Å². The van der Waals surface area contributed by atoms with Crippen molar-refractivity contribution in [1.82, 2.24) is 0 Å². The number of ether oxygens (including phenoxy) is 2. The van der Waals surface area contributed by atoms with E-state index in [1.54, 1.807) is 29.8 Å².